The van der Waals surface area contributed by atoms with E-state index in [0.29, 0.717) is 17.9 Å². The second kappa shape index (κ2) is 6.00. The van der Waals surface area contributed by atoms with Crippen molar-refractivity contribution in [2.24, 2.45) is 0 Å². The second-order valence-electron chi connectivity index (χ2n) is 4.10. The first-order valence-electron chi connectivity index (χ1n) is 5.92. The Labute approximate surface area is 112 Å². The Morgan fingerprint density at radius 2 is 1.95 bits per heavy atom. The van der Waals surface area contributed by atoms with Crippen LogP contribution >= 0.6 is 0 Å². The monoisotopic (exact) mass is 257 g/mol. The molecule has 4 heteroatoms. The van der Waals surface area contributed by atoms with E-state index in [9.17, 15) is 4.79 Å². The molecular formula is C15H15NO3. The zero-order valence-corrected chi connectivity index (χ0v) is 10.9. The van der Waals surface area contributed by atoms with Gasteiger partial charge in [0.05, 0.1) is 13.3 Å². The van der Waals surface area contributed by atoms with Crippen molar-refractivity contribution in [3.8, 4) is 5.75 Å². The molecule has 0 aliphatic heterocycles. The summed E-state index contributed by atoms with van der Waals surface area (Å²) in [4.78, 5) is 15.8. The van der Waals surface area contributed by atoms with Gasteiger partial charge in [-0.2, -0.15) is 0 Å². The molecule has 19 heavy (non-hydrogen) atoms. The summed E-state index contributed by atoms with van der Waals surface area (Å²) in [7, 11) is 1.35. The Kier molecular flexibility index (Phi) is 4.13. The molecule has 0 saturated carbocycles. The van der Waals surface area contributed by atoms with Crippen LogP contribution in [0.25, 0.3) is 0 Å². The number of carbonyl (C=O) groups excluding carboxylic acids is 1. The summed E-state index contributed by atoms with van der Waals surface area (Å²) in [5.41, 5.74) is 2.19. The van der Waals surface area contributed by atoms with Gasteiger partial charge in [0, 0.05) is 6.20 Å². The van der Waals surface area contributed by atoms with Crippen LogP contribution in [0.5, 0.6) is 5.75 Å². The van der Waals surface area contributed by atoms with E-state index in [0.717, 1.165) is 11.1 Å². The van der Waals surface area contributed by atoms with Crippen LogP contribution in [0.15, 0.2) is 42.7 Å². The third-order valence-corrected chi connectivity index (χ3v) is 2.73. The molecule has 0 unspecified atom stereocenters. The Hall–Kier alpha value is -2.36. The van der Waals surface area contributed by atoms with Gasteiger partial charge in [0.15, 0.2) is 5.75 Å². The lowest BCUT2D eigenvalue weighted by Crippen LogP contribution is -2.08. The van der Waals surface area contributed by atoms with E-state index in [-0.39, 0.29) is 0 Å². The van der Waals surface area contributed by atoms with Crippen LogP contribution in [0.3, 0.4) is 0 Å². The van der Waals surface area contributed by atoms with Crippen molar-refractivity contribution >= 4 is 5.97 Å². The maximum atomic E-state index is 11.7. The summed E-state index contributed by atoms with van der Waals surface area (Å²) < 4.78 is 10.4. The molecule has 0 radical (unpaired) electrons. The van der Waals surface area contributed by atoms with Crippen LogP contribution < -0.4 is 4.74 Å². The molecule has 1 aromatic carbocycles. The van der Waals surface area contributed by atoms with Gasteiger partial charge in [0.2, 0.25) is 0 Å². The summed E-state index contributed by atoms with van der Waals surface area (Å²) in [5.74, 6) is 0.0265. The van der Waals surface area contributed by atoms with E-state index < -0.39 is 5.97 Å². The van der Waals surface area contributed by atoms with Gasteiger partial charge in [-0.05, 0) is 18.1 Å². The second-order valence-corrected chi connectivity index (χ2v) is 4.10. The van der Waals surface area contributed by atoms with Crippen LogP contribution in [-0.2, 0) is 11.3 Å². The normalized spacial score (nSPS) is 10.0. The van der Waals surface area contributed by atoms with E-state index in [1.807, 2.05) is 30.3 Å². The Morgan fingerprint density at radius 1 is 1.21 bits per heavy atom. The third-order valence-electron chi connectivity index (χ3n) is 2.73. The molecule has 98 valence electrons. The molecule has 0 aliphatic rings. The molecule has 0 saturated heterocycles. The van der Waals surface area contributed by atoms with E-state index in [1.54, 1.807) is 13.1 Å². The molecule has 0 amide bonds. The molecule has 4 nitrogen and oxygen atoms in total. The first-order valence-corrected chi connectivity index (χ1v) is 5.92. The highest BCUT2D eigenvalue weighted by Crippen LogP contribution is 2.22. The number of pyridine rings is 1. The number of esters is 1. The molecular weight excluding hydrogens is 242 g/mol. The Morgan fingerprint density at radius 3 is 2.63 bits per heavy atom. The summed E-state index contributed by atoms with van der Waals surface area (Å²) in [6.45, 7) is 2.19. The zero-order chi connectivity index (χ0) is 13.7. The third kappa shape index (κ3) is 3.10. The number of carbonyl (C=O) groups is 1. The number of benzene rings is 1. The molecule has 0 N–H and O–H groups in total. The molecule has 0 spiro atoms. The number of methoxy groups -OCH3 is 1. The number of ether oxygens (including phenoxy) is 2. The predicted molar refractivity (Wildman–Crippen MR) is 71.1 cm³/mol. The van der Waals surface area contributed by atoms with Crippen molar-refractivity contribution in [1.82, 2.24) is 4.98 Å². The number of aryl methyl sites for hydroxylation is 1. The average molecular weight is 257 g/mol. The maximum absolute atomic E-state index is 11.7. The number of rotatable bonds is 4. The van der Waals surface area contributed by atoms with Gasteiger partial charge in [0.25, 0.3) is 0 Å². The summed E-state index contributed by atoms with van der Waals surface area (Å²) >= 11 is 0. The van der Waals surface area contributed by atoms with E-state index >= 15 is 0 Å². The van der Waals surface area contributed by atoms with Gasteiger partial charge in [-0.15, -0.1) is 0 Å². The van der Waals surface area contributed by atoms with Gasteiger partial charge in [-0.1, -0.05) is 30.3 Å². The van der Waals surface area contributed by atoms with E-state index in [1.165, 1.54) is 13.3 Å². The first kappa shape index (κ1) is 13.1. The van der Waals surface area contributed by atoms with Crippen molar-refractivity contribution in [2.75, 3.05) is 7.11 Å². The van der Waals surface area contributed by atoms with Gasteiger partial charge < -0.3 is 9.47 Å². The Bertz CT molecular complexity index is 567. The highest BCUT2D eigenvalue weighted by atomic mass is 16.5. The van der Waals surface area contributed by atoms with Crippen LogP contribution in [0.2, 0.25) is 0 Å². The standard InChI is InChI=1S/C15H15NO3/c1-11-8-16-9-13(14(11)15(17)18-2)19-10-12-6-4-3-5-7-12/h3-9H,10H2,1-2H3. The number of aromatic nitrogens is 1. The van der Waals surface area contributed by atoms with E-state index in [2.05, 4.69) is 4.98 Å². The minimum Gasteiger partial charge on any atom is -0.486 e. The summed E-state index contributed by atoms with van der Waals surface area (Å²) in [5, 5.41) is 0. The molecule has 2 rings (SSSR count). The number of hydrogen-bond donors (Lipinski definition) is 0. The van der Waals surface area contributed by atoms with Crippen molar-refractivity contribution < 1.29 is 14.3 Å². The lowest BCUT2D eigenvalue weighted by atomic mass is 10.1. The fraction of sp³-hybridized carbons (Fsp3) is 0.200. The molecule has 1 heterocycles. The smallest absolute Gasteiger partial charge is 0.342 e. The fourth-order valence-corrected chi connectivity index (χ4v) is 1.75. The highest BCUT2D eigenvalue weighted by molar-refractivity contribution is 5.93. The summed E-state index contributed by atoms with van der Waals surface area (Å²) in [6, 6.07) is 9.74. The zero-order valence-electron chi connectivity index (χ0n) is 10.9. The lowest BCUT2D eigenvalue weighted by Gasteiger charge is -2.11. The average Bonchev–Trinajstić information content (AvgIpc) is 2.45. The minimum absolute atomic E-state index is 0.385. The van der Waals surface area contributed by atoms with Gasteiger partial charge in [-0.25, -0.2) is 4.79 Å². The van der Waals surface area contributed by atoms with Crippen LogP contribution in [0.1, 0.15) is 21.5 Å². The molecule has 0 aliphatic carbocycles. The Balaban J connectivity index is 2.21. The van der Waals surface area contributed by atoms with Crippen molar-refractivity contribution in [3.63, 3.8) is 0 Å². The molecule has 0 atom stereocenters. The van der Waals surface area contributed by atoms with E-state index in [4.69, 9.17) is 9.47 Å². The lowest BCUT2D eigenvalue weighted by molar-refractivity contribution is 0.0594. The van der Waals surface area contributed by atoms with Crippen molar-refractivity contribution in [2.45, 2.75) is 13.5 Å². The van der Waals surface area contributed by atoms with Gasteiger partial charge in [0.1, 0.15) is 12.2 Å². The summed E-state index contributed by atoms with van der Waals surface area (Å²) in [6.07, 6.45) is 3.14. The van der Waals surface area contributed by atoms with Crippen molar-refractivity contribution in [1.29, 1.82) is 0 Å². The number of hydrogen-bond acceptors (Lipinski definition) is 4. The number of nitrogens with zero attached hydrogens (tertiary/aromatic N) is 1. The molecule has 2 aromatic rings. The topological polar surface area (TPSA) is 48.4 Å². The van der Waals surface area contributed by atoms with Crippen LogP contribution in [-0.4, -0.2) is 18.1 Å². The maximum Gasteiger partial charge on any atom is 0.342 e. The van der Waals surface area contributed by atoms with Crippen LogP contribution in [0.4, 0.5) is 0 Å². The first-order chi connectivity index (χ1) is 9.22. The quantitative estimate of drug-likeness (QED) is 0.790. The molecule has 1 aromatic heterocycles. The van der Waals surface area contributed by atoms with Crippen LogP contribution in [0, 0.1) is 6.92 Å². The minimum atomic E-state index is -0.414. The van der Waals surface area contributed by atoms with Crippen molar-refractivity contribution in [3.05, 3.63) is 59.4 Å². The highest BCUT2D eigenvalue weighted by Gasteiger charge is 2.16. The molecule has 0 bridgehead atoms. The molecule has 0 fully saturated rings. The van der Waals surface area contributed by atoms with Gasteiger partial charge >= 0.3 is 5.97 Å². The SMILES string of the molecule is COC(=O)c1c(C)cncc1OCc1ccccc1. The van der Waals surface area contributed by atoms with Gasteiger partial charge in [-0.3, -0.25) is 4.98 Å². The largest absolute Gasteiger partial charge is 0.486 e. The predicted octanol–water partition coefficient (Wildman–Crippen LogP) is 2.76. The fourth-order valence-electron chi connectivity index (χ4n) is 1.75.